The summed E-state index contributed by atoms with van der Waals surface area (Å²) in [6.07, 6.45) is -4.84. The van der Waals surface area contributed by atoms with Crippen LogP contribution in [0.5, 0.6) is 0 Å². The van der Waals surface area contributed by atoms with Crippen molar-refractivity contribution in [3.8, 4) is 0 Å². The van der Waals surface area contributed by atoms with Crippen molar-refractivity contribution in [2.24, 2.45) is 5.73 Å². The molecule has 1 atom stereocenters. The average molecular weight is 469 g/mol. The lowest BCUT2D eigenvalue weighted by Crippen LogP contribution is -2.59. The average Bonchev–Trinajstić information content (AvgIpc) is 2.21. The minimum atomic E-state index is -4.84. The largest absolute Gasteiger partial charge is 0.415 e. The topological polar surface area (TPSA) is 55.1 Å². The van der Waals surface area contributed by atoms with Gasteiger partial charge >= 0.3 is 6.18 Å². The zero-order valence-corrected chi connectivity index (χ0v) is 14.2. The molecule has 0 heterocycles. The Morgan fingerprint density at radius 2 is 1.63 bits per heavy atom. The zero-order valence-electron chi connectivity index (χ0n) is 9.41. The normalized spacial score (nSPS) is 14.9. The third-order valence-corrected chi connectivity index (χ3v) is 4.01. The third-order valence-electron chi connectivity index (χ3n) is 2.31. The summed E-state index contributed by atoms with van der Waals surface area (Å²) < 4.78 is 39.4. The van der Waals surface area contributed by atoms with E-state index in [0.29, 0.717) is 20.3 Å². The highest BCUT2D eigenvalue weighted by Crippen LogP contribution is 2.36. The summed E-state index contributed by atoms with van der Waals surface area (Å²) in [6, 6.07) is 3.17. The highest BCUT2D eigenvalue weighted by atomic mass is 79.9. The monoisotopic (exact) mass is 466 g/mol. The molecule has 9 heteroatoms. The molecular weight excluding hydrogens is 461 g/mol. The van der Waals surface area contributed by atoms with Gasteiger partial charge in [-0.25, -0.2) is 0 Å². The van der Waals surface area contributed by atoms with E-state index in [9.17, 15) is 18.0 Å². The van der Waals surface area contributed by atoms with Gasteiger partial charge in [0.2, 0.25) is 0 Å². The smallest absolute Gasteiger partial charge is 0.322 e. The van der Waals surface area contributed by atoms with Crippen LogP contribution in [0.25, 0.3) is 0 Å². The Morgan fingerprint density at radius 1 is 1.21 bits per heavy atom. The first-order chi connectivity index (χ1) is 8.46. The molecule has 0 radical (unpaired) electrons. The summed E-state index contributed by atoms with van der Waals surface area (Å²) in [5.74, 6) is -1.34. The van der Waals surface area contributed by atoms with Crippen LogP contribution in [-0.2, 0) is 4.79 Å². The number of amides is 1. The molecule has 3 nitrogen and oxygen atoms in total. The van der Waals surface area contributed by atoms with Crippen LogP contribution in [0, 0.1) is 0 Å². The molecule has 106 valence electrons. The molecule has 1 aromatic carbocycles. The molecule has 0 aromatic heterocycles. The van der Waals surface area contributed by atoms with E-state index < -0.39 is 17.6 Å². The van der Waals surface area contributed by atoms with Crippen molar-refractivity contribution in [3.63, 3.8) is 0 Å². The van der Waals surface area contributed by atoms with Crippen molar-refractivity contribution in [1.82, 2.24) is 0 Å². The van der Waals surface area contributed by atoms with Crippen LogP contribution in [0.3, 0.4) is 0 Å². The van der Waals surface area contributed by atoms with Gasteiger partial charge in [-0.05, 0) is 50.9 Å². The van der Waals surface area contributed by atoms with E-state index in [2.05, 4.69) is 53.1 Å². The van der Waals surface area contributed by atoms with Crippen molar-refractivity contribution in [2.45, 2.75) is 18.6 Å². The Bertz CT molecular complexity index is 494. The van der Waals surface area contributed by atoms with Gasteiger partial charge in [-0.3, -0.25) is 4.79 Å². The number of nitrogens with one attached hydrogen (secondary N) is 1. The Kier molecular flexibility index (Phi) is 5.09. The van der Waals surface area contributed by atoms with E-state index in [4.69, 9.17) is 5.73 Å². The van der Waals surface area contributed by atoms with Gasteiger partial charge in [0.25, 0.3) is 5.91 Å². The maximum absolute atomic E-state index is 12.6. The molecular formula is C10H8Br3F3N2O. The molecule has 19 heavy (non-hydrogen) atoms. The van der Waals surface area contributed by atoms with Crippen LogP contribution >= 0.6 is 47.8 Å². The minimum absolute atomic E-state index is 0.175. The third kappa shape index (κ3) is 3.71. The zero-order chi connectivity index (χ0) is 15.0. The molecule has 0 spiro atoms. The minimum Gasteiger partial charge on any atom is -0.322 e. The van der Waals surface area contributed by atoms with Gasteiger partial charge in [0.05, 0.1) is 5.69 Å². The van der Waals surface area contributed by atoms with Crippen molar-refractivity contribution < 1.29 is 18.0 Å². The van der Waals surface area contributed by atoms with E-state index in [1.54, 1.807) is 12.1 Å². The summed E-state index contributed by atoms with van der Waals surface area (Å²) in [4.78, 5) is 11.7. The van der Waals surface area contributed by atoms with Crippen molar-refractivity contribution in [1.29, 1.82) is 0 Å². The molecule has 1 amide bonds. The second-order valence-corrected chi connectivity index (χ2v) is 6.52. The molecule has 0 aliphatic heterocycles. The summed E-state index contributed by atoms with van der Waals surface area (Å²) in [5, 5.41) is 2.15. The second kappa shape index (κ2) is 5.71. The highest BCUT2D eigenvalue weighted by molar-refractivity contribution is 9.11. The first-order valence-electron chi connectivity index (χ1n) is 4.78. The number of carbonyl (C=O) groups excluding carboxylic acids is 1. The van der Waals surface area contributed by atoms with Crippen molar-refractivity contribution in [2.75, 3.05) is 5.32 Å². The van der Waals surface area contributed by atoms with Crippen LogP contribution in [0.4, 0.5) is 18.9 Å². The van der Waals surface area contributed by atoms with E-state index in [1.165, 1.54) is 0 Å². The molecule has 0 saturated carbocycles. The lowest BCUT2D eigenvalue weighted by molar-refractivity contribution is -0.184. The maximum Gasteiger partial charge on any atom is 0.415 e. The second-order valence-electron chi connectivity index (χ2n) is 3.90. The fraction of sp³-hybridized carbons (Fsp3) is 0.300. The molecule has 0 bridgehead atoms. The highest BCUT2D eigenvalue weighted by Gasteiger charge is 2.54. The van der Waals surface area contributed by atoms with Gasteiger partial charge < -0.3 is 11.1 Å². The lowest BCUT2D eigenvalue weighted by Gasteiger charge is -2.26. The van der Waals surface area contributed by atoms with Crippen molar-refractivity contribution >= 4 is 59.4 Å². The van der Waals surface area contributed by atoms with E-state index in [1.807, 2.05) is 0 Å². The number of hydrogen-bond donors (Lipinski definition) is 2. The van der Waals surface area contributed by atoms with Gasteiger partial charge in [-0.1, -0.05) is 15.9 Å². The SMILES string of the molecule is CC(N)(C(=O)Nc1c(Br)cc(Br)cc1Br)C(F)(F)F. The van der Waals surface area contributed by atoms with Gasteiger partial charge in [0.15, 0.2) is 5.54 Å². The number of halogens is 6. The van der Waals surface area contributed by atoms with E-state index in [-0.39, 0.29) is 5.69 Å². The molecule has 3 N–H and O–H groups in total. The summed E-state index contributed by atoms with van der Waals surface area (Å²) >= 11 is 9.50. The van der Waals surface area contributed by atoms with Crippen LogP contribution < -0.4 is 11.1 Å². The summed E-state index contributed by atoms with van der Waals surface area (Å²) in [5.41, 5.74) is 2.24. The Labute approximate surface area is 132 Å². The predicted octanol–water partition coefficient (Wildman–Crippen LogP) is 4.19. The molecule has 1 aromatic rings. The Morgan fingerprint density at radius 3 is 2.00 bits per heavy atom. The fourth-order valence-corrected chi connectivity index (χ4v) is 3.49. The number of benzene rings is 1. The molecule has 0 aliphatic carbocycles. The molecule has 1 rings (SSSR count). The van der Waals surface area contributed by atoms with Crippen LogP contribution in [0.15, 0.2) is 25.6 Å². The van der Waals surface area contributed by atoms with Gasteiger partial charge in [0, 0.05) is 13.4 Å². The fourth-order valence-electron chi connectivity index (χ4n) is 1.03. The predicted molar refractivity (Wildman–Crippen MR) is 76.8 cm³/mol. The van der Waals surface area contributed by atoms with E-state index >= 15 is 0 Å². The number of alkyl halides is 3. The number of hydrogen-bond acceptors (Lipinski definition) is 2. The van der Waals surface area contributed by atoms with Gasteiger partial charge in [-0.2, -0.15) is 13.2 Å². The standard InChI is InChI=1S/C10H8Br3F3N2O/c1-9(17,10(14,15)16)8(19)18-7-5(12)2-4(11)3-6(7)13/h2-3H,17H2,1H3,(H,18,19). The van der Waals surface area contributed by atoms with Gasteiger partial charge in [0.1, 0.15) is 0 Å². The maximum atomic E-state index is 12.6. The molecule has 1 unspecified atom stereocenters. The van der Waals surface area contributed by atoms with E-state index in [0.717, 1.165) is 0 Å². The number of rotatable bonds is 2. The van der Waals surface area contributed by atoms with Gasteiger partial charge in [-0.15, -0.1) is 0 Å². The summed E-state index contributed by atoms with van der Waals surface area (Å²) in [6.45, 7) is 0.614. The Balaban J connectivity index is 3.08. The number of anilines is 1. The molecule has 0 saturated heterocycles. The van der Waals surface area contributed by atoms with Crippen LogP contribution in [0.1, 0.15) is 6.92 Å². The first-order valence-corrected chi connectivity index (χ1v) is 7.16. The summed E-state index contributed by atoms with van der Waals surface area (Å²) in [7, 11) is 0. The van der Waals surface area contributed by atoms with Crippen molar-refractivity contribution in [3.05, 3.63) is 25.6 Å². The molecule has 0 aliphatic rings. The molecule has 0 fully saturated rings. The first kappa shape index (κ1) is 16.9. The number of nitrogens with two attached hydrogens (primary N) is 1. The quantitative estimate of drug-likeness (QED) is 0.684. The Hall–Kier alpha value is -0.120. The van der Waals surface area contributed by atoms with Crippen LogP contribution in [0.2, 0.25) is 0 Å². The van der Waals surface area contributed by atoms with Crippen LogP contribution in [-0.4, -0.2) is 17.6 Å². The lowest BCUT2D eigenvalue weighted by atomic mass is 10.0. The number of carbonyl (C=O) groups is 1.